The van der Waals surface area contributed by atoms with E-state index in [1.54, 1.807) is 64.3 Å². The number of phenolic OH excluding ortho intramolecular Hbond substituents is 1. The van der Waals surface area contributed by atoms with Crippen LogP contribution in [0.2, 0.25) is 0 Å². The van der Waals surface area contributed by atoms with Gasteiger partial charge in [0.15, 0.2) is 0 Å². The summed E-state index contributed by atoms with van der Waals surface area (Å²) in [5.41, 5.74) is 0.220. The molecule has 3 atom stereocenters. The molecule has 0 heterocycles. The maximum atomic E-state index is 14.2. The standard InChI is InChI=1S/C30H43N3O6/c1-9-20(4)33(28(36)25(17-19(2)3)32-29(37)39-30(5,6)7)26(21-11-10-12-23(34)18-21)27(35)31-22-13-15-24(38-8)16-14-22/h10-16,18-20,25-26,34H,9,17H2,1-8H3,(H,31,35)(H,32,37). The van der Waals surface area contributed by atoms with E-state index in [1.807, 2.05) is 27.7 Å². The second-order valence-corrected chi connectivity index (χ2v) is 11.0. The number of carbonyl (C=O) groups excluding carboxylic acids is 3. The zero-order valence-electron chi connectivity index (χ0n) is 24.3. The molecule has 0 aliphatic heterocycles. The van der Waals surface area contributed by atoms with Gasteiger partial charge in [-0.3, -0.25) is 9.59 Å². The number of alkyl carbamates (subject to hydrolysis) is 1. The summed E-state index contributed by atoms with van der Waals surface area (Å²) in [5.74, 6) is -0.197. The van der Waals surface area contributed by atoms with Crippen LogP contribution >= 0.6 is 0 Å². The van der Waals surface area contributed by atoms with Gasteiger partial charge in [-0.1, -0.05) is 32.9 Å². The van der Waals surface area contributed by atoms with Gasteiger partial charge in [0.05, 0.1) is 7.11 Å². The van der Waals surface area contributed by atoms with Crippen LogP contribution in [0.1, 0.15) is 72.9 Å². The van der Waals surface area contributed by atoms with Gasteiger partial charge in [-0.25, -0.2) is 4.79 Å². The van der Waals surface area contributed by atoms with E-state index in [1.165, 1.54) is 17.0 Å². The number of benzene rings is 2. The lowest BCUT2D eigenvalue weighted by atomic mass is 9.97. The molecular formula is C30H43N3O6. The molecular weight excluding hydrogens is 498 g/mol. The lowest BCUT2D eigenvalue weighted by Gasteiger charge is -2.38. The summed E-state index contributed by atoms with van der Waals surface area (Å²) in [6.45, 7) is 12.9. The highest BCUT2D eigenvalue weighted by molar-refractivity contribution is 5.99. The van der Waals surface area contributed by atoms with Crippen LogP contribution in [0, 0.1) is 5.92 Å². The van der Waals surface area contributed by atoms with E-state index in [0.717, 1.165) is 0 Å². The van der Waals surface area contributed by atoms with Crippen LogP contribution in [-0.4, -0.2) is 52.7 Å². The third-order valence-corrected chi connectivity index (χ3v) is 6.09. The Morgan fingerprint density at radius 3 is 2.18 bits per heavy atom. The van der Waals surface area contributed by atoms with Crippen molar-refractivity contribution < 1.29 is 29.0 Å². The minimum absolute atomic E-state index is 0.0306. The number of nitrogens with zero attached hydrogens (tertiary/aromatic N) is 1. The van der Waals surface area contributed by atoms with Gasteiger partial charge in [0.25, 0.3) is 5.91 Å². The number of ether oxygens (including phenoxy) is 2. The smallest absolute Gasteiger partial charge is 0.408 e. The van der Waals surface area contributed by atoms with E-state index in [2.05, 4.69) is 10.6 Å². The van der Waals surface area contributed by atoms with Crippen molar-refractivity contribution in [3.05, 3.63) is 54.1 Å². The summed E-state index contributed by atoms with van der Waals surface area (Å²) in [7, 11) is 1.56. The zero-order valence-corrected chi connectivity index (χ0v) is 24.3. The first-order valence-electron chi connectivity index (χ1n) is 13.3. The molecule has 9 nitrogen and oxygen atoms in total. The number of aromatic hydroxyl groups is 1. The topological polar surface area (TPSA) is 117 Å². The molecule has 2 rings (SSSR count). The second-order valence-electron chi connectivity index (χ2n) is 11.0. The normalized spacial score (nSPS) is 13.7. The molecule has 3 N–H and O–H groups in total. The molecule has 0 fully saturated rings. The molecule has 0 aliphatic carbocycles. The van der Waals surface area contributed by atoms with Crippen molar-refractivity contribution in [2.45, 2.75) is 85.0 Å². The summed E-state index contributed by atoms with van der Waals surface area (Å²) in [5, 5.41) is 15.9. The van der Waals surface area contributed by atoms with E-state index in [9.17, 15) is 19.5 Å². The van der Waals surface area contributed by atoms with Crippen molar-refractivity contribution in [1.82, 2.24) is 10.2 Å². The highest BCUT2D eigenvalue weighted by atomic mass is 16.6. The highest BCUT2D eigenvalue weighted by Gasteiger charge is 2.39. The lowest BCUT2D eigenvalue weighted by molar-refractivity contribution is -0.143. The number of nitrogens with one attached hydrogen (secondary N) is 2. The molecule has 0 spiro atoms. The van der Waals surface area contributed by atoms with E-state index in [0.29, 0.717) is 29.8 Å². The van der Waals surface area contributed by atoms with E-state index in [-0.39, 0.29) is 17.7 Å². The first kappa shape index (κ1) is 31.5. The first-order chi connectivity index (χ1) is 18.2. The van der Waals surface area contributed by atoms with Gasteiger partial charge in [-0.15, -0.1) is 0 Å². The molecule has 0 saturated carbocycles. The molecule has 0 aromatic heterocycles. The molecule has 0 radical (unpaired) electrons. The van der Waals surface area contributed by atoms with Crippen LogP contribution in [0.15, 0.2) is 48.5 Å². The Morgan fingerprint density at radius 2 is 1.67 bits per heavy atom. The third kappa shape index (κ3) is 9.50. The molecule has 0 aliphatic rings. The highest BCUT2D eigenvalue weighted by Crippen LogP contribution is 2.30. The van der Waals surface area contributed by atoms with Crippen LogP contribution in [0.5, 0.6) is 11.5 Å². The Hall–Kier alpha value is -3.75. The average molecular weight is 542 g/mol. The minimum Gasteiger partial charge on any atom is -0.508 e. The van der Waals surface area contributed by atoms with Gasteiger partial charge in [0.1, 0.15) is 29.2 Å². The first-order valence-corrected chi connectivity index (χ1v) is 13.3. The van der Waals surface area contributed by atoms with Crippen LogP contribution in [0.4, 0.5) is 10.5 Å². The Bertz CT molecular complexity index is 1110. The van der Waals surface area contributed by atoms with Gasteiger partial charge in [-0.2, -0.15) is 0 Å². The SMILES string of the molecule is CCC(C)N(C(=O)C(CC(C)C)NC(=O)OC(C)(C)C)C(C(=O)Nc1ccc(OC)cc1)c1cccc(O)c1. The Morgan fingerprint density at radius 1 is 1.03 bits per heavy atom. The second kappa shape index (κ2) is 13.9. The largest absolute Gasteiger partial charge is 0.508 e. The van der Waals surface area contributed by atoms with E-state index >= 15 is 0 Å². The predicted molar refractivity (Wildman–Crippen MR) is 152 cm³/mol. The molecule has 0 saturated heterocycles. The van der Waals surface area contributed by atoms with Crippen molar-refractivity contribution in [2.75, 3.05) is 12.4 Å². The van der Waals surface area contributed by atoms with Gasteiger partial charge >= 0.3 is 6.09 Å². The summed E-state index contributed by atoms with van der Waals surface area (Å²) in [4.78, 5) is 42.3. The summed E-state index contributed by atoms with van der Waals surface area (Å²) in [6, 6.07) is 10.8. The number of hydrogen-bond acceptors (Lipinski definition) is 6. The fourth-order valence-corrected chi connectivity index (χ4v) is 4.14. The molecule has 3 unspecified atom stereocenters. The Kier molecular flexibility index (Phi) is 11.2. The minimum atomic E-state index is -1.09. The van der Waals surface area contributed by atoms with Crippen molar-refractivity contribution in [2.24, 2.45) is 5.92 Å². The van der Waals surface area contributed by atoms with Crippen LogP contribution in [0.3, 0.4) is 0 Å². The number of methoxy groups -OCH3 is 1. The molecule has 9 heteroatoms. The summed E-state index contributed by atoms with van der Waals surface area (Å²) in [6.07, 6.45) is 0.192. The maximum Gasteiger partial charge on any atom is 0.408 e. The molecule has 3 amide bonds. The van der Waals surface area contributed by atoms with Gasteiger partial charge in [-0.05, 0) is 88.4 Å². The van der Waals surface area contributed by atoms with Crippen molar-refractivity contribution in [1.29, 1.82) is 0 Å². The zero-order chi connectivity index (χ0) is 29.3. The van der Waals surface area contributed by atoms with Gasteiger partial charge in [0, 0.05) is 11.7 Å². The molecule has 39 heavy (non-hydrogen) atoms. The van der Waals surface area contributed by atoms with Gasteiger partial charge < -0.3 is 30.1 Å². The number of amides is 3. The predicted octanol–water partition coefficient (Wildman–Crippen LogP) is 5.65. The van der Waals surface area contributed by atoms with Crippen molar-refractivity contribution in [3.8, 4) is 11.5 Å². The fraction of sp³-hybridized carbons (Fsp3) is 0.500. The molecule has 2 aromatic carbocycles. The molecule has 2 aromatic rings. The Balaban J connectivity index is 2.55. The number of hydrogen-bond donors (Lipinski definition) is 3. The van der Waals surface area contributed by atoms with Crippen LogP contribution in [-0.2, 0) is 14.3 Å². The third-order valence-electron chi connectivity index (χ3n) is 6.09. The number of phenols is 1. The van der Waals surface area contributed by atoms with Crippen LogP contribution < -0.4 is 15.4 Å². The fourth-order valence-electron chi connectivity index (χ4n) is 4.14. The molecule has 0 bridgehead atoms. The van der Waals surface area contributed by atoms with Crippen molar-refractivity contribution in [3.63, 3.8) is 0 Å². The van der Waals surface area contributed by atoms with Crippen LogP contribution in [0.25, 0.3) is 0 Å². The number of anilines is 1. The number of rotatable bonds is 11. The van der Waals surface area contributed by atoms with Crippen molar-refractivity contribution >= 4 is 23.6 Å². The summed E-state index contributed by atoms with van der Waals surface area (Å²) >= 11 is 0. The lowest BCUT2D eigenvalue weighted by Crippen LogP contribution is -2.55. The van der Waals surface area contributed by atoms with Gasteiger partial charge in [0.2, 0.25) is 5.91 Å². The summed E-state index contributed by atoms with van der Waals surface area (Å²) < 4.78 is 10.6. The molecule has 214 valence electrons. The Labute approximate surface area is 231 Å². The monoisotopic (exact) mass is 541 g/mol. The van der Waals surface area contributed by atoms with E-state index < -0.39 is 35.6 Å². The average Bonchev–Trinajstić information content (AvgIpc) is 2.84. The quantitative estimate of drug-likeness (QED) is 0.339. The maximum absolute atomic E-state index is 14.2. The number of carbonyl (C=O) groups is 3. The van der Waals surface area contributed by atoms with E-state index in [4.69, 9.17) is 9.47 Å².